The second-order valence-corrected chi connectivity index (χ2v) is 13.2. The third-order valence-corrected chi connectivity index (χ3v) is 8.82. The zero-order valence-electron chi connectivity index (χ0n) is 28.8. The fourth-order valence-corrected chi connectivity index (χ4v) is 5.87. The van der Waals surface area contributed by atoms with Crippen LogP contribution in [0.4, 0.5) is 0 Å². The maximum absolute atomic E-state index is 12.3. The Bertz CT molecular complexity index is 596. The Morgan fingerprint density at radius 2 is 0.953 bits per heavy atom. The Hall–Kier alpha value is -0.910. The van der Waals surface area contributed by atoms with Gasteiger partial charge in [0, 0.05) is 0 Å². The second kappa shape index (κ2) is 34.0. The van der Waals surface area contributed by atoms with E-state index in [4.69, 9.17) is 0 Å². The summed E-state index contributed by atoms with van der Waals surface area (Å²) in [6.45, 7) is 4.19. The van der Waals surface area contributed by atoms with Crippen LogP contribution >= 0.6 is 0 Å². The molecule has 256 valence electrons. The molecule has 4 N–H and O–H groups in total. The number of unbranched alkanes of at least 4 members (excludes halogenated alkanes) is 25. The SMILES string of the molecule is CCCCCCCCCC/C=C/C(O)C(CO)NC(=O)CC(O)CCCCCCCCCCCCCCCCCCCC. The Morgan fingerprint density at radius 3 is 1.35 bits per heavy atom. The number of carbonyl (C=O) groups is 1. The molecule has 0 aliphatic rings. The summed E-state index contributed by atoms with van der Waals surface area (Å²) in [4.78, 5) is 12.3. The predicted octanol–water partition coefficient (Wildman–Crippen LogP) is 10.1. The van der Waals surface area contributed by atoms with Gasteiger partial charge in [0.15, 0.2) is 0 Å². The van der Waals surface area contributed by atoms with Crippen molar-refractivity contribution in [1.82, 2.24) is 5.32 Å². The van der Waals surface area contributed by atoms with Crippen molar-refractivity contribution in [1.29, 1.82) is 0 Å². The summed E-state index contributed by atoms with van der Waals surface area (Å²) >= 11 is 0. The van der Waals surface area contributed by atoms with Crippen molar-refractivity contribution in [2.75, 3.05) is 6.61 Å². The van der Waals surface area contributed by atoms with Crippen molar-refractivity contribution >= 4 is 5.91 Å². The summed E-state index contributed by atoms with van der Waals surface area (Å²) in [5, 5.41) is 33.0. The summed E-state index contributed by atoms with van der Waals surface area (Å²) in [5.74, 6) is -0.315. The summed E-state index contributed by atoms with van der Waals surface area (Å²) in [6.07, 6.45) is 37.7. The van der Waals surface area contributed by atoms with Gasteiger partial charge in [0.25, 0.3) is 0 Å². The molecule has 0 saturated heterocycles. The lowest BCUT2D eigenvalue weighted by atomic mass is 10.0. The average Bonchev–Trinajstić information content (AvgIpc) is 3.00. The summed E-state index contributed by atoms with van der Waals surface area (Å²) in [6, 6.07) is -0.736. The summed E-state index contributed by atoms with van der Waals surface area (Å²) in [5.41, 5.74) is 0. The van der Waals surface area contributed by atoms with Crippen LogP contribution < -0.4 is 5.32 Å². The highest BCUT2D eigenvalue weighted by molar-refractivity contribution is 5.76. The molecule has 5 heteroatoms. The minimum absolute atomic E-state index is 0.0180. The largest absolute Gasteiger partial charge is 0.394 e. The van der Waals surface area contributed by atoms with Crippen molar-refractivity contribution in [2.45, 2.75) is 218 Å². The molecule has 0 bridgehead atoms. The first-order valence-corrected chi connectivity index (χ1v) is 19.0. The topological polar surface area (TPSA) is 89.8 Å². The normalized spacial score (nSPS) is 13.9. The molecular formula is C38H75NO4. The molecule has 0 aromatic carbocycles. The monoisotopic (exact) mass is 610 g/mol. The molecule has 5 nitrogen and oxygen atoms in total. The Morgan fingerprint density at radius 1 is 0.581 bits per heavy atom. The molecule has 3 atom stereocenters. The summed E-state index contributed by atoms with van der Waals surface area (Å²) < 4.78 is 0. The van der Waals surface area contributed by atoms with Crippen LogP contribution in [0.2, 0.25) is 0 Å². The van der Waals surface area contributed by atoms with E-state index in [1.165, 1.54) is 148 Å². The first kappa shape index (κ1) is 42.1. The molecule has 0 aliphatic carbocycles. The van der Waals surface area contributed by atoms with E-state index >= 15 is 0 Å². The number of aliphatic hydroxyl groups excluding tert-OH is 3. The number of amides is 1. The van der Waals surface area contributed by atoms with Gasteiger partial charge in [-0.25, -0.2) is 0 Å². The van der Waals surface area contributed by atoms with Crippen molar-refractivity contribution in [3.05, 3.63) is 12.2 Å². The van der Waals surface area contributed by atoms with Gasteiger partial charge in [0.05, 0.1) is 31.3 Å². The molecule has 1 amide bonds. The molecule has 0 saturated carbocycles. The van der Waals surface area contributed by atoms with Crippen molar-refractivity contribution in [3.63, 3.8) is 0 Å². The highest BCUT2D eigenvalue weighted by Gasteiger charge is 2.20. The van der Waals surface area contributed by atoms with Crippen molar-refractivity contribution < 1.29 is 20.1 Å². The van der Waals surface area contributed by atoms with E-state index in [-0.39, 0.29) is 18.9 Å². The highest BCUT2D eigenvalue weighted by Crippen LogP contribution is 2.15. The number of rotatable bonds is 34. The minimum Gasteiger partial charge on any atom is -0.394 e. The first-order valence-electron chi connectivity index (χ1n) is 19.0. The molecule has 0 radical (unpaired) electrons. The summed E-state index contributed by atoms with van der Waals surface area (Å²) in [7, 11) is 0. The van der Waals surface area contributed by atoms with Crippen molar-refractivity contribution in [3.8, 4) is 0 Å². The second-order valence-electron chi connectivity index (χ2n) is 13.2. The Kier molecular flexibility index (Phi) is 33.3. The molecular weight excluding hydrogens is 534 g/mol. The van der Waals surface area contributed by atoms with Gasteiger partial charge in [-0.05, 0) is 19.3 Å². The maximum Gasteiger partial charge on any atom is 0.222 e. The van der Waals surface area contributed by atoms with E-state index in [9.17, 15) is 20.1 Å². The van der Waals surface area contributed by atoms with E-state index < -0.39 is 18.2 Å². The van der Waals surface area contributed by atoms with E-state index in [1.54, 1.807) is 6.08 Å². The molecule has 0 spiro atoms. The van der Waals surface area contributed by atoms with E-state index in [1.807, 2.05) is 6.08 Å². The third-order valence-electron chi connectivity index (χ3n) is 8.82. The molecule has 43 heavy (non-hydrogen) atoms. The standard InChI is InChI=1S/C38H75NO4/c1-3-5-7-9-11-13-15-16-17-18-19-20-21-22-23-25-27-29-31-35(41)33-38(43)39-36(34-40)37(42)32-30-28-26-24-14-12-10-8-6-4-2/h30,32,35-37,40-42H,3-29,31,33-34H2,1-2H3,(H,39,43)/b32-30+. The lowest BCUT2D eigenvalue weighted by Gasteiger charge is -2.21. The molecule has 0 aromatic rings. The van der Waals surface area contributed by atoms with Gasteiger partial charge in [-0.3, -0.25) is 4.79 Å². The third kappa shape index (κ3) is 30.9. The van der Waals surface area contributed by atoms with Crippen LogP contribution in [-0.4, -0.2) is 46.1 Å². The van der Waals surface area contributed by atoms with Crippen molar-refractivity contribution in [2.24, 2.45) is 0 Å². The molecule has 0 rings (SSSR count). The van der Waals surface area contributed by atoms with Crippen LogP contribution in [0.15, 0.2) is 12.2 Å². The van der Waals surface area contributed by atoms with Gasteiger partial charge in [-0.2, -0.15) is 0 Å². The number of aliphatic hydroxyl groups is 3. The van der Waals surface area contributed by atoms with Crippen LogP contribution in [0.25, 0.3) is 0 Å². The fourth-order valence-electron chi connectivity index (χ4n) is 5.87. The van der Waals surface area contributed by atoms with Gasteiger partial charge < -0.3 is 20.6 Å². The van der Waals surface area contributed by atoms with Crippen LogP contribution in [0.5, 0.6) is 0 Å². The zero-order valence-corrected chi connectivity index (χ0v) is 28.8. The van der Waals surface area contributed by atoms with Crippen LogP contribution in [0.3, 0.4) is 0 Å². The fraction of sp³-hybridized carbons (Fsp3) is 0.921. The zero-order chi connectivity index (χ0) is 31.6. The average molecular weight is 610 g/mol. The molecule has 0 aromatic heterocycles. The van der Waals surface area contributed by atoms with Gasteiger partial charge in [0.1, 0.15) is 0 Å². The highest BCUT2D eigenvalue weighted by atomic mass is 16.3. The predicted molar refractivity (Wildman–Crippen MR) is 185 cm³/mol. The molecule has 0 fully saturated rings. The smallest absolute Gasteiger partial charge is 0.222 e. The van der Waals surface area contributed by atoms with Crippen LogP contribution in [0, 0.1) is 0 Å². The number of allylic oxidation sites excluding steroid dienone is 1. The van der Waals surface area contributed by atoms with Gasteiger partial charge >= 0.3 is 0 Å². The maximum atomic E-state index is 12.3. The molecule has 0 heterocycles. The lowest BCUT2D eigenvalue weighted by Crippen LogP contribution is -2.45. The quantitative estimate of drug-likeness (QED) is 0.0432. The Balaban J connectivity index is 3.65. The van der Waals surface area contributed by atoms with E-state index in [0.717, 1.165) is 25.7 Å². The van der Waals surface area contributed by atoms with Gasteiger partial charge in [0.2, 0.25) is 5.91 Å². The van der Waals surface area contributed by atoms with Gasteiger partial charge in [-0.1, -0.05) is 187 Å². The van der Waals surface area contributed by atoms with E-state index in [0.29, 0.717) is 6.42 Å². The minimum atomic E-state index is -0.921. The van der Waals surface area contributed by atoms with E-state index in [2.05, 4.69) is 19.2 Å². The van der Waals surface area contributed by atoms with Crippen LogP contribution in [-0.2, 0) is 4.79 Å². The number of nitrogens with one attached hydrogen (secondary N) is 1. The molecule has 3 unspecified atom stereocenters. The molecule has 0 aliphatic heterocycles. The number of hydrogen-bond acceptors (Lipinski definition) is 4. The lowest BCUT2D eigenvalue weighted by molar-refractivity contribution is -0.124. The number of hydrogen-bond donors (Lipinski definition) is 4. The van der Waals surface area contributed by atoms with Gasteiger partial charge in [-0.15, -0.1) is 0 Å². The van der Waals surface area contributed by atoms with Crippen LogP contribution in [0.1, 0.15) is 200 Å². The Labute approximate surface area is 268 Å². The number of carbonyl (C=O) groups excluding carboxylic acids is 1. The first-order chi connectivity index (χ1) is 21.0.